The van der Waals surface area contributed by atoms with Crippen molar-refractivity contribution in [3.63, 3.8) is 0 Å². The van der Waals surface area contributed by atoms with Crippen LogP contribution in [0.3, 0.4) is 0 Å². The molecule has 4 N–H and O–H groups in total. The number of ether oxygens (including phenoxy) is 1. The third-order valence-electron chi connectivity index (χ3n) is 6.34. The summed E-state index contributed by atoms with van der Waals surface area (Å²) in [7, 11) is 0. The lowest BCUT2D eigenvalue weighted by Crippen LogP contribution is -2.52. The molecule has 1 aromatic carbocycles. The molecule has 1 saturated carbocycles. The number of aliphatic hydroxyl groups is 2. The Morgan fingerprint density at radius 1 is 1.25 bits per heavy atom. The van der Waals surface area contributed by atoms with Crippen molar-refractivity contribution < 1.29 is 19.7 Å². The zero-order valence-corrected chi connectivity index (χ0v) is 18.7. The van der Waals surface area contributed by atoms with Crippen LogP contribution >= 0.6 is 11.6 Å². The molecule has 1 aromatic heterocycles. The molecule has 3 atom stereocenters. The minimum absolute atomic E-state index is 0.0493. The van der Waals surface area contributed by atoms with Crippen LogP contribution in [0.4, 0.5) is 10.5 Å². The average Bonchev–Trinajstić information content (AvgIpc) is 3.45. The first-order chi connectivity index (χ1) is 15.4. The zero-order chi connectivity index (χ0) is 22.6. The number of rotatable bonds is 7. The van der Waals surface area contributed by atoms with E-state index in [-0.39, 0.29) is 24.8 Å². The molecule has 0 unspecified atom stereocenters. The van der Waals surface area contributed by atoms with Gasteiger partial charge in [0.1, 0.15) is 17.4 Å². The molecular formula is C22H30ClN5O4. The van der Waals surface area contributed by atoms with Crippen molar-refractivity contribution in [3.05, 3.63) is 41.2 Å². The summed E-state index contributed by atoms with van der Waals surface area (Å²) in [5, 5.41) is 35.0. The van der Waals surface area contributed by atoms with Crippen molar-refractivity contribution >= 4 is 23.3 Å². The summed E-state index contributed by atoms with van der Waals surface area (Å²) in [6, 6.07) is 6.22. The Kier molecular flexibility index (Phi) is 7.30. The van der Waals surface area contributed by atoms with Crippen molar-refractivity contribution in [2.45, 2.75) is 75.3 Å². The maximum Gasteiger partial charge on any atom is 0.319 e. The lowest BCUT2D eigenvalue weighted by molar-refractivity contribution is -0.0905. The third kappa shape index (κ3) is 5.58. The largest absolute Gasteiger partial charge is 0.394 e. The summed E-state index contributed by atoms with van der Waals surface area (Å²) < 4.78 is 7.79. The number of benzene rings is 1. The maximum atomic E-state index is 12.3. The topological polar surface area (TPSA) is 122 Å². The minimum atomic E-state index is -0.840. The summed E-state index contributed by atoms with van der Waals surface area (Å²) in [6.07, 6.45) is 6.95. The number of anilines is 1. The lowest BCUT2D eigenvalue weighted by Gasteiger charge is -2.36. The molecule has 4 rings (SSSR count). The Morgan fingerprint density at radius 3 is 2.72 bits per heavy atom. The van der Waals surface area contributed by atoms with E-state index < -0.39 is 11.7 Å². The van der Waals surface area contributed by atoms with Gasteiger partial charge in [-0.3, -0.25) is 4.68 Å². The number of aliphatic hydroxyl groups excluding tert-OH is 1. The Balaban J connectivity index is 1.25. The molecule has 0 bridgehead atoms. The first-order valence-electron chi connectivity index (χ1n) is 11.2. The number of nitrogens with zero attached hydrogens (tertiary/aromatic N) is 3. The fourth-order valence-corrected chi connectivity index (χ4v) is 4.62. The average molecular weight is 464 g/mol. The molecule has 2 aliphatic rings. The van der Waals surface area contributed by atoms with Crippen LogP contribution in [0.15, 0.2) is 30.5 Å². The number of hydrogen-bond donors (Lipinski definition) is 4. The Morgan fingerprint density at radius 2 is 2.00 bits per heavy atom. The number of aromatic nitrogens is 3. The number of carbonyl (C=O) groups is 1. The van der Waals surface area contributed by atoms with Crippen LogP contribution in [0.5, 0.6) is 0 Å². The van der Waals surface area contributed by atoms with Crippen LogP contribution in [0, 0.1) is 0 Å². The molecule has 1 saturated heterocycles. The molecule has 32 heavy (non-hydrogen) atoms. The molecule has 9 nitrogen and oxygen atoms in total. The second-order valence-corrected chi connectivity index (χ2v) is 9.10. The number of carbonyl (C=O) groups excluding carboxylic acids is 1. The van der Waals surface area contributed by atoms with E-state index in [9.17, 15) is 15.0 Å². The van der Waals surface area contributed by atoms with E-state index in [1.165, 1.54) is 0 Å². The third-order valence-corrected chi connectivity index (χ3v) is 6.59. The molecule has 1 aliphatic heterocycles. The van der Waals surface area contributed by atoms with Crippen molar-refractivity contribution in [2.24, 2.45) is 0 Å². The number of hydrogen-bond acceptors (Lipinski definition) is 6. The van der Waals surface area contributed by atoms with Crippen LogP contribution < -0.4 is 10.6 Å². The van der Waals surface area contributed by atoms with Gasteiger partial charge in [0.25, 0.3) is 0 Å². The second-order valence-electron chi connectivity index (χ2n) is 8.66. The Bertz CT molecular complexity index is 900. The van der Waals surface area contributed by atoms with Crippen LogP contribution in [0.1, 0.15) is 50.6 Å². The molecular weight excluding hydrogens is 434 g/mol. The second kappa shape index (κ2) is 10.2. The number of halogens is 1. The molecule has 174 valence electrons. The van der Waals surface area contributed by atoms with Crippen LogP contribution in [-0.2, 0) is 16.9 Å². The van der Waals surface area contributed by atoms with E-state index in [1.807, 2.05) is 6.20 Å². The smallest absolute Gasteiger partial charge is 0.319 e. The van der Waals surface area contributed by atoms with Crippen molar-refractivity contribution in [2.75, 3.05) is 11.9 Å². The first-order valence-corrected chi connectivity index (χ1v) is 11.6. The van der Waals surface area contributed by atoms with Gasteiger partial charge < -0.3 is 25.6 Å². The zero-order valence-electron chi connectivity index (χ0n) is 17.9. The van der Waals surface area contributed by atoms with Gasteiger partial charge in [-0.2, -0.15) is 0 Å². The maximum absolute atomic E-state index is 12.3. The molecule has 1 aliphatic carbocycles. The van der Waals surface area contributed by atoms with Gasteiger partial charge in [0.05, 0.1) is 24.9 Å². The predicted octanol–water partition coefficient (Wildman–Crippen LogP) is 2.81. The van der Waals surface area contributed by atoms with E-state index in [4.69, 9.17) is 16.3 Å². The molecule has 2 fully saturated rings. The quantitative estimate of drug-likeness (QED) is 0.501. The van der Waals surface area contributed by atoms with Gasteiger partial charge in [-0.1, -0.05) is 29.7 Å². The van der Waals surface area contributed by atoms with Crippen molar-refractivity contribution in [1.82, 2.24) is 20.3 Å². The minimum Gasteiger partial charge on any atom is -0.394 e. The van der Waals surface area contributed by atoms with Gasteiger partial charge in [0.2, 0.25) is 0 Å². The lowest BCUT2D eigenvalue weighted by atomic mass is 9.97. The number of nitrogens with one attached hydrogen (secondary N) is 2. The Hall–Kier alpha value is -2.20. The number of aryl methyl sites for hydroxylation is 1. The van der Waals surface area contributed by atoms with Gasteiger partial charge in [-0.05, 0) is 56.4 Å². The van der Waals surface area contributed by atoms with Crippen molar-refractivity contribution in [3.8, 4) is 0 Å². The fraction of sp³-hybridized carbons (Fsp3) is 0.591. The standard InChI is InChI=1S/C22H30ClN5O4/c23-15-3-5-16(6-4-15)24-21(30)25-18-8-7-17(32-19(18)14-29)9-12-28-13-20(26-27-28)22(31)10-1-2-11-22/h3-6,13,17-19,29,31H,1-2,7-12,14H2,(H2,24,25,30)/t17-,18+,19+/m0/s1. The summed E-state index contributed by atoms with van der Waals surface area (Å²) in [5.41, 5.74) is 0.438. The van der Waals surface area contributed by atoms with Crippen molar-refractivity contribution in [1.29, 1.82) is 0 Å². The van der Waals surface area contributed by atoms with E-state index in [2.05, 4.69) is 20.9 Å². The van der Waals surface area contributed by atoms with E-state index in [0.29, 0.717) is 35.8 Å². The van der Waals surface area contributed by atoms with Crippen LogP contribution in [0.2, 0.25) is 5.02 Å². The monoisotopic (exact) mass is 463 g/mol. The summed E-state index contributed by atoms with van der Waals surface area (Å²) in [4.78, 5) is 12.3. The van der Waals surface area contributed by atoms with E-state index in [1.54, 1.807) is 28.9 Å². The van der Waals surface area contributed by atoms with Gasteiger partial charge in [0, 0.05) is 17.3 Å². The van der Waals surface area contributed by atoms with Gasteiger partial charge >= 0.3 is 6.03 Å². The molecule has 2 aromatic rings. The summed E-state index contributed by atoms with van der Waals surface area (Å²) in [6.45, 7) is 0.434. The summed E-state index contributed by atoms with van der Waals surface area (Å²) in [5.74, 6) is 0. The summed E-state index contributed by atoms with van der Waals surface area (Å²) >= 11 is 5.86. The Labute approximate surface area is 192 Å². The number of urea groups is 1. The molecule has 0 spiro atoms. The first kappa shape index (κ1) is 23.0. The normalized spacial score (nSPS) is 24.9. The number of amides is 2. The van der Waals surface area contributed by atoms with E-state index in [0.717, 1.165) is 32.1 Å². The highest BCUT2D eigenvalue weighted by Crippen LogP contribution is 2.37. The van der Waals surface area contributed by atoms with E-state index >= 15 is 0 Å². The highest BCUT2D eigenvalue weighted by Gasteiger charge is 2.36. The molecule has 0 radical (unpaired) electrons. The van der Waals surface area contributed by atoms with Gasteiger partial charge in [-0.25, -0.2) is 4.79 Å². The highest BCUT2D eigenvalue weighted by molar-refractivity contribution is 6.30. The molecule has 2 heterocycles. The van der Waals surface area contributed by atoms with Gasteiger partial charge in [0.15, 0.2) is 0 Å². The van der Waals surface area contributed by atoms with Crippen LogP contribution in [0.25, 0.3) is 0 Å². The fourth-order valence-electron chi connectivity index (χ4n) is 4.49. The van der Waals surface area contributed by atoms with Gasteiger partial charge in [-0.15, -0.1) is 5.10 Å². The molecule has 2 amide bonds. The molecule has 10 heteroatoms. The predicted molar refractivity (Wildman–Crippen MR) is 119 cm³/mol. The van der Waals surface area contributed by atoms with Crippen LogP contribution in [-0.4, -0.2) is 56.1 Å². The highest BCUT2D eigenvalue weighted by atomic mass is 35.5. The SMILES string of the molecule is O=C(Nc1ccc(Cl)cc1)N[C@@H]1CC[C@@H](CCn2cc(C3(O)CCCC3)nn2)O[C@@H]1CO.